The van der Waals surface area contributed by atoms with Gasteiger partial charge in [0.1, 0.15) is 0 Å². The zero-order valence-corrected chi connectivity index (χ0v) is 6.81. The van der Waals surface area contributed by atoms with Gasteiger partial charge in [-0.05, 0) is 13.3 Å². The van der Waals surface area contributed by atoms with Crippen molar-refractivity contribution < 1.29 is 4.74 Å². The van der Waals surface area contributed by atoms with Crippen molar-refractivity contribution >= 4 is 0 Å². The highest BCUT2D eigenvalue weighted by Gasteiger charge is 1.96. The van der Waals surface area contributed by atoms with Gasteiger partial charge >= 0.3 is 0 Å². The van der Waals surface area contributed by atoms with Crippen molar-refractivity contribution in [3.05, 3.63) is 0 Å². The van der Waals surface area contributed by atoms with Crippen LogP contribution in [0.4, 0.5) is 0 Å². The molecule has 0 aromatic rings. The summed E-state index contributed by atoms with van der Waals surface area (Å²) >= 11 is 0. The average Bonchev–Trinajstić information content (AvgIpc) is 1.89. The second-order valence-electron chi connectivity index (χ2n) is 2.54. The second-order valence-corrected chi connectivity index (χ2v) is 2.54. The van der Waals surface area contributed by atoms with Crippen LogP contribution in [0.25, 0.3) is 0 Å². The normalized spacial score (nSPS) is 13.7. The summed E-state index contributed by atoms with van der Waals surface area (Å²) in [5, 5.41) is 0. The fourth-order valence-corrected chi connectivity index (χ4v) is 0.800. The van der Waals surface area contributed by atoms with Crippen LogP contribution in [-0.4, -0.2) is 13.2 Å². The fourth-order valence-electron chi connectivity index (χ4n) is 0.800. The molecule has 0 aromatic heterocycles. The monoisotopic (exact) mass is 130 g/mol. The third-order valence-electron chi connectivity index (χ3n) is 1.62. The number of ether oxygens (including phenoxy) is 1. The van der Waals surface area contributed by atoms with Crippen LogP contribution < -0.4 is 0 Å². The lowest BCUT2D eigenvalue weighted by atomic mass is 10.1. The molecular weight excluding hydrogens is 112 g/mol. The van der Waals surface area contributed by atoms with Crippen molar-refractivity contribution in [2.45, 2.75) is 45.6 Å². The largest absolute Gasteiger partial charge is 0.382 e. The Morgan fingerprint density at radius 3 is 2.44 bits per heavy atom. The van der Waals surface area contributed by atoms with Gasteiger partial charge in [-0.3, -0.25) is 0 Å². The van der Waals surface area contributed by atoms with Gasteiger partial charge in [-0.25, -0.2) is 0 Å². The molecule has 0 rings (SSSR count). The molecule has 0 aliphatic carbocycles. The van der Waals surface area contributed by atoms with Crippen LogP contribution in [0.1, 0.15) is 39.5 Å². The van der Waals surface area contributed by atoms with Crippen LogP contribution in [0.15, 0.2) is 0 Å². The molecule has 0 aliphatic rings. The first-order valence-electron chi connectivity index (χ1n) is 3.84. The SMILES string of the molecule is CCCCCC(C)OC. The Morgan fingerprint density at radius 1 is 1.33 bits per heavy atom. The van der Waals surface area contributed by atoms with Crippen molar-refractivity contribution in [1.82, 2.24) is 0 Å². The van der Waals surface area contributed by atoms with Crippen molar-refractivity contribution in [2.24, 2.45) is 0 Å². The minimum Gasteiger partial charge on any atom is -0.382 e. The minimum atomic E-state index is 0.455. The Morgan fingerprint density at radius 2 is 2.00 bits per heavy atom. The maximum absolute atomic E-state index is 5.10. The molecule has 0 aromatic carbocycles. The van der Waals surface area contributed by atoms with Crippen LogP contribution in [0.5, 0.6) is 0 Å². The lowest BCUT2D eigenvalue weighted by Gasteiger charge is -2.06. The molecule has 0 fully saturated rings. The van der Waals surface area contributed by atoms with E-state index in [1.165, 1.54) is 25.7 Å². The van der Waals surface area contributed by atoms with Gasteiger partial charge in [0.2, 0.25) is 0 Å². The van der Waals surface area contributed by atoms with Gasteiger partial charge in [-0.1, -0.05) is 26.2 Å². The molecule has 0 saturated carbocycles. The van der Waals surface area contributed by atoms with Gasteiger partial charge in [0.05, 0.1) is 6.10 Å². The van der Waals surface area contributed by atoms with Crippen LogP contribution in [0.3, 0.4) is 0 Å². The number of rotatable bonds is 5. The molecule has 0 heterocycles. The summed E-state index contributed by atoms with van der Waals surface area (Å²) in [4.78, 5) is 0. The van der Waals surface area contributed by atoms with Crippen molar-refractivity contribution in [3.63, 3.8) is 0 Å². The average molecular weight is 130 g/mol. The van der Waals surface area contributed by atoms with E-state index in [0.29, 0.717) is 6.10 Å². The van der Waals surface area contributed by atoms with E-state index in [2.05, 4.69) is 13.8 Å². The van der Waals surface area contributed by atoms with E-state index >= 15 is 0 Å². The standard InChI is InChI=1S/C8H18O/c1-4-5-6-7-8(2)9-3/h8H,4-7H2,1-3H3. The van der Waals surface area contributed by atoms with Crippen molar-refractivity contribution in [3.8, 4) is 0 Å². The Labute approximate surface area is 58.4 Å². The van der Waals surface area contributed by atoms with Gasteiger partial charge < -0.3 is 4.74 Å². The molecule has 0 saturated heterocycles. The molecule has 1 nitrogen and oxygen atoms in total. The topological polar surface area (TPSA) is 9.23 Å². The van der Waals surface area contributed by atoms with E-state index in [1.54, 1.807) is 7.11 Å². The quantitative estimate of drug-likeness (QED) is 0.520. The molecule has 0 amide bonds. The van der Waals surface area contributed by atoms with Crippen LogP contribution in [0, 0.1) is 0 Å². The molecule has 0 N–H and O–H groups in total. The summed E-state index contributed by atoms with van der Waals surface area (Å²) in [5.74, 6) is 0. The number of methoxy groups -OCH3 is 1. The highest BCUT2D eigenvalue weighted by molar-refractivity contribution is 4.48. The zero-order valence-electron chi connectivity index (χ0n) is 6.81. The Balaban J connectivity index is 2.88. The molecule has 0 bridgehead atoms. The van der Waals surface area contributed by atoms with Gasteiger partial charge in [0.25, 0.3) is 0 Å². The fraction of sp³-hybridized carbons (Fsp3) is 1.00. The summed E-state index contributed by atoms with van der Waals surface area (Å²) in [6.45, 7) is 4.34. The Hall–Kier alpha value is -0.0400. The third-order valence-corrected chi connectivity index (χ3v) is 1.62. The Bertz CT molecular complexity index is 52.5. The summed E-state index contributed by atoms with van der Waals surface area (Å²) in [5.41, 5.74) is 0. The highest BCUT2D eigenvalue weighted by atomic mass is 16.5. The Kier molecular flexibility index (Phi) is 6.06. The van der Waals surface area contributed by atoms with E-state index in [9.17, 15) is 0 Å². The first-order valence-corrected chi connectivity index (χ1v) is 3.84. The summed E-state index contributed by atoms with van der Waals surface area (Å²) in [7, 11) is 1.77. The predicted molar refractivity (Wildman–Crippen MR) is 40.6 cm³/mol. The van der Waals surface area contributed by atoms with Crippen LogP contribution in [-0.2, 0) is 4.74 Å². The molecule has 0 spiro atoms. The van der Waals surface area contributed by atoms with E-state index in [1.807, 2.05) is 0 Å². The molecule has 9 heavy (non-hydrogen) atoms. The third kappa shape index (κ3) is 5.84. The maximum atomic E-state index is 5.10. The van der Waals surface area contributed by atoms with Crippen molar-refractivity contribution in [2.75, 3.05) is 7.11 Å². The molecule has 0 aliphatic heterocycles. The number of hydrogen-bond acceptors (Lipinski definition) is 1. The second kappa shape index (κ2) is 6.09. The molecular formula is C8H18O. The smallest absolute Gasteiger partial charge is 0.0543 e. The lowest BCUT2D eigenvalue weighted by molar-refractivity contribution is 0.108. The number of hydrogen-bond donors (Lipinski definition) is 0. The highest BCUT2D eigenvalue weighted by Crippen LogP contribution is 2.04. The van der Waals surface area contributed by atoms with Crippen LogP contribution >= 0.6 is 0 Å². The summed E-state index contributed by atoms with van der Waals surface area (Å²) < 4.78 is 5.10. The summed E-state index contributed by atoms with van der Waals surface area (Å²) in [6.07, 6.45) is 5.62. The van der Waals surface area contributed by atoms with E-state index in [0.717, 1.165) is 0 Å². The molecule has 1 unspecified atom stereocenters. The molecule has 1 atom stereocenters. The zero-order chi connectivity index (χ0) is 7.11. The number of unbranched alkanes of at least 4 members (excludes halogenated alkanes) is 2. The van der Waals surface area contributed by atoms with Crippen molar-refractivity contribution in [1.29, 1.82) is 0 Å². The first kappa shape index (κ1) is 8.96. The maximum Gasteiger partial charge on any atom is 0.0543 e. The van der Waals surface area contributed by atoms with Gasteiger partial charge in [0.15, 0.2) is 0 Å². The predicted octanol–water partition coefficient (Wildman–Crippen LogP) is 2.60. The van der Waals surface area contributed by atoms with E-state index in [4.69, 9.17) is 4.74 Å². The van der Waals surface area contributed by atoms with E-state index < -0.39 is 0 Å². The summed E-state index contributed by atoms with van der Waals surface area (Å²) in [6, 6.07) is 0. The van der Waals surface area contributed by atoms with Gasteiger partial charge in [-0.2, -0.15) is 0 Å². The molecule has 0 radical (unpaired) electrons. The van der Waals surface area contributed by atoms with Gasteiger partial charge in [-0.15, -0.1) is 0 Å². The van der Waals surface area contributed by atoms with E-state index in [-0.39, 0.29) is 0 Å². The van der Waals surface area contributed by atoms with Gasteiger partial charge in [0, 0.05) is 7.11 Å². The van der Waals surface area contributed by atoms with Crippen LogP contribution in [0.2, 0.25) is 0 Å². The molecule has 56 valence electrons. The minimum absolute atomic E-state index is 0.455. The molecule has 1 heteroatoms. The lowest BCUT2D eigenvalue weighted by Crippen LogP contribution is -2.03. The first-order chi connectivity index (χ1) is 4.31.